The molecule has 0 saturated heterocycles. The number of carbonyl (C=O) groups excluding carboxylic acids is 2. The smallest absolute Gasteiger partial charge is 0.306 e. The second kappa shape index (κ2) is 48.6. The van der Waals surface area contributed by atoms with Gasteiger partial charge in [-0.1, -0.05) is 230 Å². The molecule has 61 heavy (non-hydrogen) atoms. The molecular weight excluding hydrogens is 755 g/mol. The number of amides is 1. The van der Waals surface area contributed by atoms with Crippen LogP contribution in [0.3, 0.4) is 0 Å². The third-order valence-electron chi connectivity index (χ3n) is 11.6. The van der Waals surface area contributed by atoms with Crippen LogP contribution in [-0.2, 0) is 14.3 Å². The van der Waals surface area contributed by atoms with Crippen molar-refractivity contribution in [2.45, 2.75) is 270 Å². The molecule has 0 fully saturated rings. The van der Waals surface area contributed by atoms with E-state index < -0.39 is 18.2 Å². The number of nitrogens with one attached hydrogen (secondary N) is 1. The maximum absolute atomic E-state index is 13.2. The Balaban J connectivity index is 4.59. The zero-order valence-corrected chi connectivity index (χ0v) is 40.3. The molecule has 0 aromatic heterocycles. The number of hydrogen-bond acceptors (Lipinski definition) is 5. The minimum atomic E-state index is -0.814. The summed E-state index contributed by atoms with van der Waals surface area (Å²) in [5.74, 6) is -0.615. The number of unbranched alkanes of at least 4 members (excludes halogenated alkanes) is 26. The third kappa shape index (κ3) is 44.0. The average molecular weight is 854 g/mol. The third-order valence-corrected chi connectivity index (χ3v) is 11.6. The van der Waals surface area contributed by atoms with Gasteiger partial charge in [-0.25, -0.2) is 0 Å². The van der Waals surface area contributed by atoms with Crippen LogP contribution in [0.25, 0.3) is 0 Å². The second-order valence-electron chi connectivity index (χ2n) is 17.5. The highest BCUT2D eigenvalue weighted by molar-refractivity contribution is 5.78. The Morgan fingerprint density at radius 1 is 0.508 bits per heavy atom. The summed E-state index contributed by atoms with van der Waals surface area (Å²) in [4.78, 5) is 26.1. The van der Waals surface area contributed by atoms with Crippen molar-refractivity contribution in [1.82, 2.24) is 5.32 Å². The highest BCUT2D eigenvalue weighted by Gasteiger charge is 2.23. The number of aliphatic hydroxyl groups excluding tert-OH is 2. The van der Waals surface area contributed by atoms with Crippen molar-refractivity contribution in [3.8, 4) is 0 Å². The molecule has 0 aromatic carbocycles. The summed E-state index contributed by atoms with van der Waals surface area (Å²) in [6.45, 7) is 6.34. The van der Waals surface area contributed by atoms with Gasteiger partial charge in [-0.2, -0.15) is 0 Å². The minimum Gasteiger partial charge on any atom is -0.458 e. The molecular formula is C55H99NO5. The highest BCUT2D eigenvalue weighted by Crippen LogP contribution is 2.16. The van der Waals surface area contributed by atoms with Gasteiger partial charge in [0.1, 0.15) is 6.10 Å². The minimum absolute atomic E-state index is 0.0348. The number of ether oxygens (including phenoxy) is 1. The fourth-order valence-electron chi connectivity index (χ4n) is 7.65. The standard InChI is InChI=1S/C55H99NO5/c1-4-7-10-13-16-19-22-24-26-28-30-33-36-39-42-45-48-55(60)61-51(46-43-40-37-34-31-21-18-15-12-9-6-3)49-54(59)56-52(50-57)53(58)47-44-41-38-35-32-29-27-25-23-20-17-14-11-8-5-2/h7,10,16,19,24,26,34,37,43,46,51-53,57-58H,4-6,8-9,11-15,17-18,20-23,25,27-33,35-36,38-42,44-45,47-50H2,1-3H3,(H,56,59)/b10-7+,19-16+,26-24+,37-34-,46-43+. The van der Waals surface area contributed by atoms with Crippen LogP contribution in [0, 0.1) is 0 Å². The molecule has 3 N–H and O–H groups in total. The summed E-state index contributed by atoms with van der Waals surface area (Å²) in [7, 11) is 0. The van der Waals surface area contributed by atoms with Gasteiger partial charge in [-0.05, 0) is 70.3 Å². The van der Waals surface area contributed by atoms with E-state index in [1.165, 1.54) is 135 Å². The largest absolute Gasteiger partial charge is 0.458 e. The van der Waals surface area contributed by atoms with Crippen molar-refractivity contribution in [3.05, 3.63) is 60.8 Å². The molecule has 6 heteroatoms. The normalized spacial score (nSPS) is 13.7. The van der Waals surface area contributed by atoms with Crippen molar-refractivity contribution >= 4 is 11.9 Å². The van der Waals surface area contributed by atoms with Crippen LogP contribution >= 0.6 is 0 Å². The summed E-state index contributed by atoms with van der Waals surface area (Å²) in [5.41, 5.74) is 0. The van der Waals surface area contributed by atoms with Crippen LogP contribution < -0.4 is 5.32 Å². The number of esters is 1. The number of aliphatic hydroxyl groups is 2. The molecule has 3 unspecified atom stereocenters. The van der Waals surface area contributed by atoms with E-state index in [9.17, 15) is 19.8 Å². The van der Waals surface area contributed by atoms with Gasteiger partial charge in [-0.15, -0.1) is 0 Å². The van der Waals surface area contributed by atoms with Crippen LogP contribution in [0.2, 0.25) is 0 Å². The first-order valence-electron chi connectivity index (χ1n) is 26.0. The Bertz CT molecular complexity index is 1090. The van der Waals surface area contributed by atoms with Gasteiger partial charge in [0.15, 0.2) is 0 Å². The zero-order valence-electron chi connectivity index (χ0n) is 40.3. The van der Waals surface area contributed by atoms with E-state index in [0.717, 1.165) is 70.6 Å². The van der Waals surface area contributed by atoms with Gasteiger partial charge in [0.2, 0.25) is 5.91 Å². The topological polar surface area (TPSA) is 95.9 Å². The molecule has 1 amide bonds. The first-order chi connectivity index (χ1) is 30.0. The molecule has 0 spiro atoms. The van der Waals surface area contributed by atoms with E-state index in [1.54, 1.807) is 0 Å². The highest BCUT2D eigenvalue weighted by atomic mass is 16.5. The van der Waals surface area contributed by atoms with Crippen molar-refractivity contribution in [3.63, 3.8) is 0 Å². The molecule has 3 atom stereocenters. The SMILES string of the molecule is CC/C=C/C/C=C/C/C=C/CCCCCCCCC(=O)OC(/C=C/C/C=C\CCCCCCCC)CC(=O)NC(CO)C(O)CCCCCCCCCCCCCCCCC. The van der Waals surface area contributed by atoms with E-state index >= 15 is 0 Å². The lowest BCUT2D eigenvalue weighted by Gasteiger charge is -2.23. The average Bonchev–Trinajstić information content (AvgIpc) is 3.25. The van der Waals surface area contributed by atoms with E-state index in [1.807, 2.05) is 12.2 Å². The Morgan fingerprint density at radius 3 is 1.39 bits per heavy atom. The molecule has 0 radical (unpaired) electrons. The first kappa shape index (κ1) is 58.6. The molecule has 0 bridgehead atoms. The number of allylic oxidation sites excluding steroid dienone is 9. The Hall–Kier alpha value is -2.44. The molecule has 0 aromatic rings. The summed E-state index contributed by atoms with van der Waals surface area (Å²) in [6.07, 6.45) is 60.3. The predicted molar refractivity (Wildman–Crippen MR) is 264 cm³/mol. The van der Waals surface area contributed by atoms with Gasteiger partial charge in [0.25, 0.3) is 0 Å². The van der Waals surface area contributed by atoms with Crippen molar-refractivity contribution in [1.29, 1.82) is 0 Å². The maximum atomic E-state index is 13.2. The summed E-state index contributed by atoms with van der Waals surface area (Å²) < 4.78 is 5.82. The van der Waals surface area contributed by atoms with Gasteiger partial charge in [0.05, 0.1) is 25.2 Å². The van der Waals surface area contributed by atoms with Gasteiger partial charge in [0, 0.05) is 6.42 Å². The predicted octanol–water partition coefficient (Wildman–Crippen LogP) is 15.6. The van der Waals surface area contributed by atoms with E-state index in [-0.39, 0.29) is 24.9 Å². The molecule has 354 valence electrons. The molecule has 0 rings (SSSR count). The van der Waals surface area contributed by atoms with Gasteiger partial charge < -0.3 is 20.3 Å². The lowest BCUT2D eigenvalue weighted by molar-refractivity contribution is -0.148. The molecule has 0 aliphatic heterocycles. The number of carbonyl (C=O) groups is 2. The maximum Gasteiger partial charge on any atom is 0.306 e. The van der Waals surface area contributed by atoms with Crippen LogP contribution in [0.1, 0.15) is 252 Å². The van der Waals surface area contributed by atoms with Crippen molar-refractivity contribution in [2.24, 2.45) is 0 Å². The molecule has 0 aliphatic carbocycles. The van der Waals surface area contributed by atoms with Gasteiger partial charge >= 0.3 is 5.97 Å². The van der Waals surface area contributed by atoms with Crippen LogP contribution in [0.15, 0.2) is 60.8 Å². The first-order valence-corrected chi connectivity index (χ1v) is 26.0. The summed E-state index contributed by atoms with van der Waals surface area (Å²) in [6, 6.07) is -0.736. The quantitative estimate of drug-likeness (QED) is 0.0322. The van der Waals surface area contributed by atoms with E-state index in [2.05, 4.69) is 74.7 Å². The summed E-state index contributed by atoms with van der Waals surface area (Å²) in [5, 5.41) is 23.7. The Labute approximate surface area is 378 Å². The van der Waals surface area contributed by atoms with E-state index in [0.29, 0.717) is 19.3 Å². The monoisotopic (exact) mass is 854 g/mol. The lowest BCUT2D eigenvalue weighted by Crippen LogP contribution is -2.46. The zero-order chi connectivity index (χ0) is 44.5. The molecule has 0 saturated carbocycles. The fraction of sp³-hybridized carbons (Fsp3) is 0.782. The lowest BCUT2D eigenvalue weighted by atomic mass is 10.0. The van der Waals surface area contributed by atoms with Crippen molar-refractivity contribution < 1.29 is 24.5 Å². The van der Waals surface area contributed by atoms with Crippen molar-refractivity contribution in [2.75, 3.05) is 6.61 Å². The Morgan fingerprint density at radius 2 is 0.918 bits per heavy atom. The molecule has 0 aliphatic rings. The fourth-order valence-corrected chi connectivity index (χ4v) is 7.65. The number of hydrogen-bond donors (Lipinski definition) is 3. The van der Waals surface area contributed by atoms with Crippen LogP contribution in [-0.4, -0.2) is 46.9 Å². The summed E-state index contributed by atoms with van der Waals surface area (Å²) >= 11 is 0. The Kier molecular flexibility index (Phi) is 46.6. The van der Waals surface area contributed by atoms with E-state index in [4.69, 9.17) is 4.74 Å². The second-order valence-corrected chi connectivity index (χ2v) is 17.5. The van der Waals surface area contributed by atoms with Crippen LogP contribution in [0.4, 0.5) is 0 Å². The molecule has 6 nitrogen and oxygen atoms in total. The molecule has 0 heterocycles. The number of rotatable bonds is 46. The van der Waals surface area contributed by atoms with Crippen LogP contribution in [0.5, 0.6) is 0 Å². The van der Waals surface area contributed by atoms with Gasteiger partial charge in [-0.3, -0.25) is 9.59 Å².